The standard InChI is InChI=1S/C9H15N3O/c1-9(2,13)7-5-8(10)11-12(7)6-3-4-6/h5-6,13H,3-4H2,1-2H3,(H2,10,11). The Hall–Kier alpha value is -1.03. The first-order chi connectivity index (χ1) is 5.98. The molecule has 0 radical (unpaired) electrons. The average molecular weight is 181 g/mol. The van der Waals surface area contributed by atoms with Gasteiger partial charge in [-0.1, -0.05) is 0 Å². The van der Waals surface area contributed by atoms with E-state index in [4.69, 9.17) is 5.73 Å². The van der Waals surface area contributed by atoms with Crippen molar-refractivity contribution in [2.75, 3.05) is 5.73 Å². The molecule has 13 heavy (non-hydrogen) atoms. The molecule has 2 rings (SSSR count). The van der Waals surface area contributed by atoms with Gasteiger partial charge in [0.2, 0.25) is 0 Å². The second-order valence-corrected chi connectivity index (χ2v) is 4.19. The van der Waals surface area contributed by atoms with Crippen LogP contribution in [0.5, 0.6) is 0 Å². The topological polar surface area (TPSA) is 64.1 Å². The highest BCUT2D eigenvalue weighted by Crippen LogP contribution is 2.38. The molecule has 0 amide bonds. The van der Waals surface area contributed by atoms with Crippen molar-refractivity contribution >= 4 is 5.82 Å². The molecule has 1 aliphatic carbocycles. The number of hydrogen-bond acceptors (Lipinski definition) is 3. The number of rotatable bonds is 2. The van der Waals surface area contributed by atoms with E-state index in [1.807, 2.05) is 4.68 Å². The van der Waals surface area contributed by atoms with Crippen LogP contribution in [0.1, 0.15) is 38.4 Å². The molecule has 4 nitrogen and oxygen atoms in total. The Morgan fingerprint density at radius 2 is 2.23 bits per heavy atom. The molecule has 0 spiro atoms. The van der Waals surface area contributed by atoms with Crippen molar-refractivity contribution in [2.45, 2.75) is 38.3 Å². The molecule has 0 saturated heterocycles. The van der Waals surface area contributed by atoms with Gasteiger partial charge in [0.15, 0.2) is 0 Å². The van der Waals surface area contributed by atoms with Gasteiger partial charge < -0.3 is 10.8 Å². The smallest absolute Gasteiger partial charge is 0.145 e. The third-order valence-electron chi connectivity index (χ3n) is 2.27. The summed E-state index contributed by atoms with van der Waals surface area (Å²) >= 11 is 0. The Kier molecular flexibility index (Phi) is 1.63. The summed E-state index contributed by atoms with van der Waals surface area (Å²) in [5, 5.41) is 14.0. The summed E-state index contributed by atoms with van der Waals surface area (Å²) in [6, 6.07) is 2.21. The minimum atomic E-state index is -0.854. The van der Waals surface area contributed by atoms with Gasteiger partial charge in [-0.05, 0) is 26.7 Å². The van der Waals surface area contributed by atoms with Crippen LogP contribution in [0.25, 0.3) is 0 Å². The van der Waals surface area contributed by atoms with Gasteiger partial charge in [0.1, 0.15) is 11.4 Å². The molecule has 0 atom stereocenters. The number of hydrogen-bond donors (Lipinski definition) is 2. The van der Waals surface area contributed by atoms with Crippen LogP contribution >= 0.6 is 0 Å². The predicted molar refractivity (Wildman–Crippen MR) is 50.2 cm³/mol. The van der Waals surface area contributed by atoms with Gasteiger partial charge in [0, 0.05) is 6.07 Å². The molecule has 0 aromatic carbocycles. The fraction of sp³-hybridized carbons (Fsp3) is 0.667. The van der Waals surface area contributed by atoms with Gasteiger partial charge in [0.05, 0.1) is 11.7 Å². The monoisotopic (exact) mass is 181 g/mol. The SMILES string of the molecule is CC(C)(O)c1cc(N)nn1C1CC1. The molecule has 0 unspecified atom stereocenters. The third-order valence-corrected chi connectivity index (χ3v) is 2.27. The zero-order valence-corrected chi connectivity index (χ0v) is 7.99. The molecule has 0 bridgehead atoms. The summed E-state index contributed by atoms with van der Waals surface area (Å²) in [7, 11) is 0. The lowest BCUT2D eigenvalue weighted by Crippen LogP contribution is -2.20. The summed E-state index contributed by atoms with van der Waals surface area (Å²) in [5.74, 6) is 0.490. The first kappa shape index (κ1) is 8.56. The average Bonchev–Trinajstić information content (AvgIpc) is 2.73. The predicted octanol–water partition coefficient (Wildman–Crippen LogP) is 1.03. The van der Waals surface area contributed by atoms with Crippen molar-refractivity contribution in [1.29, 1.82) is 0 Å². The van der Waals surface area contributed by atoms with Gasteiger partial charge in [0.25, 0.3) is 0 Å². The van der Waals surface area contributed by atoms with Crippen molar-refractivity contribution in [1.82, 2.24) is 9.78 Å². The molecule has 1 aromatic rings. The van der Waals surface area contributed by atoms with Crippen LogP contribution in [-0.4, -0.2) is 14.9 Å². The quantitative estimate of drug-likeness (QED) is 0.716. The van der Waals surface area contributed by atoms with Crippen LogP contribution in [0.2, 0.25) is 0 Å². The Morgan fingerprint density at radius 3 is 2.69 bits per heavy atom. The number of nitrogens with two attached hydrogens (primary N) is 1. The highest BCUT2D eigenvalue weighted by atomic mass is 16.3. The molecule has 3 N–H and O–H groups in total. The second-order valence-electron chi connectivity index (χ2n) is 4.19. The van der Waals surface area contributed by atoms with E-state index in [2.05, 4.69) is 5.10 Å². The van der Waals surface area contributed by atoms with E-state index in [-0.39, 0.29) is 0 Å². The summed E-state index contributed by atoms with van der Waals surface area (Å²) in [6.45, 7) is 3.50. The number of aromatic nitrogens is 2. The van der Waals surface area contributed by atoms with E-state index in [1.54, 1.807) is 19.9 Å². The zero-order chi connectivity index (χ0) is 9.64. The summed E-state index contributed by atoms with van der Waals surface area (Å²) in [5.41, 5.74) is 5.56. The normalized spacial score (nSPS) is 17.8. The molecular weight excluding hydrogens is 166 g/mol. The van der Waals surface area contributed by atoms with Crippen molar-refractivity contribution in [3.63, 3.8) is 0 Å². The summed E-state index contributed by atoms with van der Waals surface area (Å²) < 4.78 is 1.86. The molecule has 1 heterocycles. The lowest BCUT2D eigenvalue weighted by Gasteiger charge is -2.18. The Morgan fingerprint density at radius 1 is 1.62 bits per heavy atom. The number of aliphatic hydroxyl groups is 1. The zero-order valence-electron chi connectivity index (χ0n) is 7.99. The van der Waals surface area contributed by atoms with Crippen LogP contribution in [0.3, 0.4) is 0 Å². The summed E-state index contributed by atoms with van der Waals surface area (Å²) in [4.78, 5) is 0. The van der Waals surface area contributed by atoms with Gasteiger partial charge in [-0.3, -0.25) is 4.68 Å². The molecular formula is C9H15N3O. The molecule has 1 fully saturated rings. The van der Waals surface area contributed by atoms with Crippen LogP contribution in [0.4, 0.5) is 5.82 Å². The van der Waals surface area contributed by atoms with Crippen molar-refractivity contribution in [3.8, 4) is 0 Å². The highest BCUT2D eigenvalue weighted by molar-refractivity contribution is 5.32. The van der Waals surface area contributed by atoms with E-state index in [0.29, 0.717) is 11.9 Å². The molecule has 0 aliphatic heterocycles. The van der Waals surface area contributed by atoms with Gasteiger partial charge in [-0.15, -0.1) is 0 Å². The van der Waals surface area contributed by atoms with E-state index in [1.165, 1.54) is 0 Å². The van der Waals surface area contributed by atoms with E-state index >= 15 is 0 Å². The number of nitrogen functional groups attached to an aromatic ring is 1. The molecule has 1 aliphatic rings. The lowest BCUT2D eigenvalue weighted by atomic mass is 10.1. The second kappa shape index (κ2) is 2.48. The van der Waals surface area contributed by atoms with Crippen molar-refractivity contribution < 1.29 is 5.11 Å². The number of anilines is 1. The Balaban J connectivity index is 2.42. The van der Waals surface area contributed by atoms with E-state index < -0.39 is 5.60 Å². The maximum absolute atomic E-state index is 9.84. The Bertz CT molecular complexity index is 320. The maximum atomic E-state index is 9.84. The first-order valence-corrected chi connectivity index (χ1v) is 4.56. The van der Waals surface area contributed by atoms with Crippen molar-refractivity contribution in [2.24, 2.45) is 0 Å². The lowest BCUT2D eigenvalue weighted by molar-refractivity contribution is 0.0682. The fourth-order valence-electron chi connectivity index (χ4n) is 1.47. The molecule has 1 saturated carbocycles. The minimum absolute atomic E-state index is 0.457. The van der Waals surface area contributed by atoms with Crippen LogP contribution in [-0.2, 0) is 5.60 Å². The maximum Gasteiger partial charge on any atom is 0.145 e. The van der Waals surface area contributed by atoms with Crippen LogP contribution in [0.15, 0.2) is 6.07 Å². The third kappa shape index (κ3) is 1.54. The summed E-state index contributed by atoms with van der Waals surface area (Å²) in [6.07, 6.45) is 2.29. The van der Waals surface area contributed by atoms with E-state index in [0.717, 1.165) is 18.5 Å². The molecule has 72 valence electrons. The minimum Gasteiger partial charge on any atom is -0.384 e. The fourth-order valence-corrected chi connectivity index (χ4v) is 1.47. The van der Waals surface area contributed by atoms with Gasteiger partial charge in [-0.2, -0.15) is 5.10 Å². The first-order valence-electron chi connectivity index (χ1n) is 4.56. The van der Waals surface area contributed by atoms with Gasteiger partial charge in [-0.25, -0.2) is 0 Å². The highest BCUT2D eigenvalue weighted by Gasteiger charge is 2.31. The van der Waals surface area contributed by atoms with Crippen LogP contribution in [0, 0.1) is 0 Å². The van der Waals surface area contributed by atoms with Crippen LogP contribution < -0.4 is 5.73 Å². The van der Waals surface area contributed by atoms with E-state index in [9.17, 15) is 5.11 Å². The van der Waals surface area contributed by atoms with Crippen molar-refractivity contribution in [3.05, 3.63) is 11.8 Å². The molecule has 1 aromatic heterocycles. The van der Waals surface area contributed by atoms with Gasteiger partial charge >= 0.3 is 0 Å². The Labute approximate surface area is 77.4 Å². The molecule has 4 heteroatoms. The number of nitrogens with zero attached hydrogens (tertiary/aromatic N) is 2. The largest absolute Gasteiger partial charge is 0.384 e.